The maximum absolute atomic E-state index is 12.8. The summed E-state index contributed by atoms with van der Waals surface area (Å²) in [5.41, 5.74) is 5.67. The van der Waals surface area contributed by atoms with Crippen molar-refractivity contribution in [3.63, 3.8) is 0 Å². The van der Waals surface area contributed by atoms with Crippen molar-refractivity contribution in [2.75, 3.05) is 10.3 Å². The molecule has 1 aromatic carbocycles. The second-order valence-electron chi connectivity index (χ2n) is 7.10. The number of pyridine rings is 1. The van der Waals surface area contributed by atoms with Crippen LogP contribution in [-0.4, -0.2) is 37.7 Å². The first-order valence-electron chi connectivity index (χ1n) is 9.36. The molecule has 0 radical (unpaired) electrons. The minimum absolute atomic E-state index is 0.0351. The molecule has 3 heterocycles. The van der Waals surface area contributed by atoms with Gasteiger partial charge in [-0.15, -0.1) is 0 Å². The number of anilines is 2. The summed E-state index contributed by atoms with van der Waals surface area (Å²) in [6, 6.07) is 9.56. The zero-order chi connectivity index (χ0) is 22.3. The quantitative estimate of drug-likeness (QED) is 0.591. The van der Waals surface area contributed by atoms with Gasteiger partial charge in [0.25, 0.3) is 11.5 Å². The van der Waals surface area contributed by atoms with Gasteiger partial charge < -0.3 is 11.1 Å². The molecule has 31 heavy (non-hydrogen) atoms. The van der Waals surface area contributed by atoms with E-state index in [4.69, 9.17) is 5.73 Å². The second-order valence-corrected chi connectivity index (χ2v) is 7.10. The summed E-state index contributed by atoms with van der Waals surface area (Å²) in [6.45, 7) is 0. The normalized spacial score (nSPS) is 15.7. The average Bonchev–Trinajstić information content (AvgIpc) is 3.23. The molecule has 0 saturated heterocycles. The van der Waals surface area contributed by atoms with E-state index in [9.17, 15) is 19.2 Å². The summed E-state index contributed by atoms with van der Waals surface area (Å²) in [7, 11) is 2.87. The number of benzene rings is 1. The summed E-state index contributed by atoms with van der Waals surface area (Å²) in [4.78, 5) is 53.3. The van der Waals surface area contributed by atoms with Crippen LogP contribution >= 0.6 is 0 Å². The molecule has 1 atom stereocenters. The average molecular weight is 421 g/mol. The number of amides is 2. The van der Waals surface area contributed by atoms with Crippen LogP contribution in [0.5, 0.6) is 0 Å². The number of para-hydroxylation sites is 1. The van der Waals surface area contributed by atoms with Crippen LogP contribution < -0.4 is 27.3 Å². The molecular formula is C20H19N7O4. The highest BCUT2D eigenvalue weighted by atomic mass is 16.2. The van der Waals surface area contributed by atoms with Crippen molar-refractivity contribution in [3.8, 4) is 0 Å². The van der Waals surface area contributed by atoms with Crippen molar-refractivity contribution in [3.05, 3.63) is 63.4 Å². The SMILES string of the molecule is Cn1c(=O)c2cc(NC(=O)C3=NN(c4ccccc4)C(C(N)=O)C3)cnc2n(C)c1=O. The number of aryl methyl sites for hydroxylation is 1. The molecule has 2 amide bonds. The number of carbonyl (C=O) groups excluding carboxylic acids is 2. The van der Waals surface area contributed by atoms with Gasteiger partial charge in [0.15, 0.2) is 0 Å². The van der Waals surface area contributed by atoms with Crippen molar-refractivity contribution in [2.24, 2.45) is 24.9 Å². The maximum atomic E-state index is 12.8. The summed E-state index contributed by atoms with van der Waals surface area (Å²) >= 11 is 0. The largest absolute Gasteiger partial charge is 0.368 e. The van der Waals surface area contributed by atoms with Gasteiger partial charge >= 0.3 is 5.69 Å². The molecule has 3 aromatic rings. The Hall–Kier alpha value is -4.28. The smallest absolute Gasteiger partial charge is 0.332 e. The zero-order valence-corrected chi connectivity index (χ0v) is 16.8. The third-order valence-corrected chi connectivity index (χ3v) is 5.07. The highest BCUT2D eigenvalue weighted by Gasteiger charge is 2.35. The number of rotatable bonds is 4. The summed E-state index contributed by atoms with van der Waals surface area (Å²) in [5.74, 6) is -1.15. The van der Waals surface area contributed by atoms with Crippen molar-refractivity contribution in [1.29, 1.82) is 0 Å². The number of primary amides is 1. The molecule has 11 nitrogen and oxygen atoms in total. The van der Waals surface area contributed by atoms with Crippen LogP contribution in [0.15, 0.2) is 57.3 Å². The highest BCUT2D eigenvalue weighted by Crippen LogP contribution is 2.24. The Balaban J connectivity index is 1.65. The highest BCUT2D eigenvalue weighted by molar-refractivity contribution is 6.44. The summed E-state index contributed by atoms with van der Waals surface area (Å²) in [6.07, 6.45) is 1.38. The molecule has 1 aliphatic heterocycles. The molecule has 2 aromatic heterocycles. The van der Waals surface area contributed by atoms with Crippen LogP contribution in [0.25, 0.3) is 11.0 Å². The fraction of sp³-hybridized carbons (Fsp3) is 0.200. The molecule has 0 spiro atoms. The topological polar surface area (TPSA) is 145 Å². The lowest BCUT2D eigenvalue weighted by Crippen LogP contribution is -2.39. The predicted molar refractivity (Wildman–Crippen MR) is 115 cm³/mol. The maximum Gasteiger partial charge on any atom is 0.332 e. The van der Waals surface area contributed by atoms with E-state index >= 15 is 0 Å². The monoisotopic (exact) mass is 421 g/mol. The Morgan fingerprint density at radius 3 is 2.52 bits per heavy atom. The molecule has 0 bridgehead atoms. The molecule has 11 heteroatoms. The second kappa shape index (κ2) is 7.52. The standard InChI is InChI=1S/C20H19N7O4/c1-25-17-13(19(30)26(2)20(25)31)8-11(10-22-17)23-18(29)14-9-15(16(21)28)27(24-14)12-6-4-3-5-7-12/h3-8,10,15H,9H2,1-2H3,(H2,21,28)(H,23,29). The first kappa shape index (κ1) is 20.0. The van der Waals surface area contributed by atoms with Crippen molar-refractivity contribution < 1.29 is 9.59 Å². The van der Waals surface area contributed by atoms with Crippen LogP contribution in [0.4, 0.5) is 11.4 Å². The number of carbonyl (C=O) groups is 2. The number of hydrazone groups is 1. The molecule has 1 unspecified atom stereocenters. The Morgan fingerprint density at radius 2 is 1.84 bits per heavy atom. The fourth-order valence-corrected chi connectivity index (χ4v) is 3.42. The van der Waals surface area contributed by atoms with Gasteiger partial charge in [0.2, 0.25) is 5.91 Å². The number of nitrogens with one attached hydrogen (secondary N) is 1. The lowest BCUT2D eigenvalue weighted by atomic mass is 10.1. The molecule has 1 aliphatic rings. The van der Waals surface area contributed by atoms with Gasteiger partial charge in [-0.3, -0.25) is 28.5 Å². The van der Waals surface area contributed by atoms with E-state index in [1.54, 1.807) is 24.3 Å². The number of nitrogens with zero attached hydrogens (tertiary/aromatic N) is 5. The molecule has 3 N–H and O–H groups in total. The molecule has 158 valence electrons. The number of hydrogen-bond donors (Lipinski definition) is 2. The Bertz CT molecular complexity index is 1360. The number of hydrogen-bond acceptors (Lipinski definition) is 7. The first-order chi connectivity index (χ1) is 14.8. The van der Waals surface area contributed by atoms with Gasteiger partial charge in [0.05, 0.1) is 23.0 Å². The third kappa shape index (κ3) is 3.45. The van der Waals surface area contributed by atoms with E-state index in [0.717, 1.165) is 4.57 Å². The van der Waals surface area contributed by atoms with E-state index in [1.807, 2.05) is 6.07 Å². The number of fused-ring (bicyclic) bond motifs is 1. The van der Waals surface area contributed by atoms with Crippen molar-refractivity contribution in [2.45, 2.75) is 12.5 Å². The van der Waals surface area contributed by atoms with Crippen LogP contribution in [0, 0.1) is 0 Å². The molecule has 4 rings (SSSR count). The zero-order valence-electron chi connectivity index (χ0n) is 16.8. The van der Waals surface area contributed by atoms with Crippen LogP contribution in [0.1, 0.15) is 6.42 Å². The van der Waals surface area contributed by atoms with E-state index in [-0.39, 0.29) is 28.9 Å². The first-order valence-corrected chi connectivity index (χ1v) is 9.36. The lowest BCUT2D eigenvalue weighted by molar-refractivity contribution is -0.119. The van der Waals surface area contributed by atoms with Gasteiger partial charge in [-0.05, 0) is 18.2 Å². The molecule has 0 aliphatic carbocycles. The molecule has 0 saturated carbocycles. The molecular weight excluding hydrogens is 402 g/mol. The van der Waals surface area contributed by atoms with Crippen LogP contribution in [0.3, 0.4) is 0 Å². The van der Waals surface area contributed by atoms with E-state index in [0.29, 0.717) is 5.69 Å². The Kier molecular flexibility index (Phi) is 4.85. The van der Waals surface area contributed by atoms with Gasteiger partial charge in [-0.1, -0.05) is 18.2 Å². The van der Waals surface area contributed by atoms with Crippen LogP contribution in [0.2, 0.25) is 0 Å². The Morgan fingerprint density at radius 1 is 1.13 bits per heavy atom. The number of nitrogens with two attached hydrogens (primary N) is 1. The number of aromatic nitrogens is 3. The van der Waals surface area contributed by atoms with E-state index in [1.165, 1.54) is 35.9 Å². The van der Waals surface area contributed by atoms with Gasteiger partial charge in [0.1, 0.15) is 17.4 Å². The van der Waals surface area contributed by atoms with E-state index < -0.39 is 29.1 Å². The fourth-order valence-electron chi connectivity index (χ4n) is 3.42. The van der Waals surface area contributed by atoms with Gasteiger partial charge in [-0.2, -0.15) is 5.10 Å². The van der Waals surface area contributed by atoms with Crippen molar-refractivity contribution in [1.82, 2.24) is 14.1 Å². The van der Waals surface area contributed by atoms with Gasteiger partial charge in [-0.25, -0.2) is 9.78 Å². The summed E-state index contributed by atoms with van der Waals surface area (Å²) < 4.78 is 2.21. The Labute approximate surface area is 175 Å². The van der Waals surface area contributed by atoms with E-state index in [2.05, 4.69) is 15.4 Å². The molecule has 0 fully saturated rings. The minimum atomic E-state index is -0.792. The third-order valence-electron chi connectivity index (χ3n) is 5.07. The minimum Gasteiger partial charge on any atom is -0.368 e. The van der Waals surface area contributed by atoms with Crippen molar-refractivity contribution >= 4 is 39.9 Å². The van der Waals surface area contributed by atoms with Gasteiger partial charge in [0, 0.05) is 20.5 Å². The summed E-state index contributed by atoms with van der Waals surface area (Å²) in [5, 5.41) is 8.52. The van der Waals surface area contributed by atoms with Crippen LogP contribution in [-0.2, 0) is 23.7 Å². The lowest BCUT2D eigenvalue weighted by Gasteiger charge is -2.20. The predicted octanol–water partition coefficient (Wildman–Crippen LogP) is -0.309.